The molecule has 16 heavy (non-hydrogen) atoms. The van der Waals surface area contributed by atoms with Crippen molar-refractivity contribution >= 4 is 10.1 Å². The molecule has 3 nitrogen and oxygen atoms in total. The van der Waals surface area contributed by atoms with Gasteiger partial charge in [-0.3, -0.25) is 4.18 Å². The Morgan fingerprint density at radius 2 is 1.88 bits per heavy atom. The summed E-state index contributed by atoms with van der Waals surface area (Å²) in [6.45, 7) is 4.05. The van der Waals surface area contributed by atoms with Crippen LogP contribution in [0, 0.1) is 5.92 Å². The van der Waals surface area contributed by atoms with Gasteiger partial charge >= 0.3 is 0 Å². The van der Waals surface area contributed by atoms with Crippen LogP contribution in [-0.4, -0.2) is 20.3 Å². The molecule has 0 aliphatic heterocycles. The van der Waals surface area contributed by atoms with Gasteiger partial charge in [0.25, 0.3) is 10.1 Å². The summed E-state index contributed by atoms with van der Waals surface area (Å²) in [5, 5.41) is 0. The van der Waals surface area contributed by atoms with Crippen LogP contribution in [0.25, 0.3) is 0 Å². The van der Waals surface area contributed by atoms with Crippen molar-refractivity contribution in [1.29, 1.82) is 0 Å². The topological polar surface area (TPSA) is 43.4 Å². The Balaban J connectivity index is 2.38. The Hall–Kier alpha value is -0.0900. The Bertz CT molecular complexity index is 279. The van der Waals surface area contributed by atoms with Gasteiger partial charge in [0.1, 0.15) is 0 Å². The molecule has 4 heteroatoms. The summed E-state index contributed by atoms with van der Waals surface area (Å²) in [6, 6.07) is 0. The van der Waals surface area contributed by atoms with Crippen molar-refractivity contribution in [1.82, 2.24) is 0 Å². The molecule has 0 aromatic carbocycles. The van der Waals surface area contributed by atoms with Gasteiger partial charge in [-0.05, 0) is 25.2 Å². The summed E-state index contributed by atoms with van der Waals surface area (Å²) >= 11 is 0. The van der Waals surface area contributed by atoms with E-state index in [2.05, 4.69) is 6.92 Å². The van der Waals surface area contributed by atoms with Crippen molar-refractivity contribution in [2.24, 2.45) is 5.92 Å². The van der Waals surface area contributed by atoms with Crippen molar-refractivity contribution in [3.63, 3.8) is 0 Å². The van der Waals surface area contributed by atoms with Crippen LogP contribution in [-0.2, 0) is 14.3 Å². The van der Waals surface area contributed by atoms with E-state index in [9.17, 15) is 8.42 Å². The van der Waals surface area contributed by atoms with Crippen LogP contribution in [0.2, 0.25) is 0 Å². The molecule has 0 amide bonds. The average molecular weight is 248 g/mol. The molecule has 1 saturated carbocycles. The zero-order valence-electron chi connectivity index (χ0n) is 10.4. The van der Waals surface area contributed by atoms with Gasteiger partial charge in [-0.2, -0.15) is 8.42 Å². The second-order valence-corrected chi connectivity index (χ2v) is 6.62. The number of hydrogen-bond acceptors (Lipinski definition) is 3. The van der Waals surface area contributed by atoms with Gasteiger partial charge in [0.15, 0.2) is 0 Å². The maximum atomic E-state index is 11.8. The summed E-state index contributed by atoms with van der Waals surface area (Å²) in [7, 11) is -3.30. The van der Waals surface area contributed by atoms with Gasteiger partial charge in [0.05, 0.1) is 11.9 Å². The van der Waals surface area contributed by atoms with Gasteiger partial charge in [-0.1, -0.05) is 39.5 Å². The zero-order chi connectivity index (χ0) is 12.0. The second kappa shape index (κ2) is 6.60. The smallest absolute Gasteiger partial charge is 0.267 e. The molecule has 1 aliphatic carbocycles. The van der Waals surface area contributed by atoms with Crippen LogP contribution >= 0.6 is 0 Å². The van der Waals surface area contributed by atoms with Crippen molar-refractivity contribution in [3.8, 4) is 0 Å². The molecule has 0 aromatic rings. The normalized spacial score (nSPS) is 20.9. The van der Waals surface area contributed by atoms with Crippen molar-refractivity contribution in [2.45, 2.75) is 64.9 Å². The van der Waals surface area contributed by atoms with E-state index in [0.29, 0.717) is 0 Å². The Kier molecular flexibility index (Phi) is 5.76. The first-order valence-corrected chi connectivity index (χ1v) is 8.02. The van der Waals surface area contributed by atoms with Crippen molar-refractivity contribution in [3.05, 3.63) is 0 Å². The zero-order valence-corrected chi connectivity index (χ0v) is 11.3. The first kappa shape index (κ1) is 14.0. The minimum absolute atomic E-state index is 0.0485. The third kappa shape index (κ3) is 5.30. The summed E-state index contributed by atoms with van der Waals surface area (Å²) < 4.78 is 28.8. The molecule has 1 unspecified atom stereocenters. The van der Waals surface area contributed by atoms with E-state index in [1.54, 1.807) is 0 Å². The molecule has 0 N–H and O–H groups in total. The quantitative estimate of drug-likeness (QED) is 0.678. The Labute approximate surface area is 99.7 Å². The monoisotopic (exact) mass is 248 g/mol. The summed E-state index contributed by atoms with van der Waals surface area (Å²) in [5.74, 6) is 0.385. The highest BCUT2D eigenvalue weighted by Crippen LogP contribution is 2.23. The summed E-state index contributed by atoms with van der Waals surface area (Å²) in [4.78, 5) is 0. The molecule has 1 aliphatic rings. The summed E-state index contributed by atoms with van der Waals surface area (Å²) in [5.41, 5.74) is 0. The highest BCUT2D eigenvalue weighted by Gasteiger charge is 2.23. The molecule has 96 valence electrons. The van der Waals surface area contributed by atoms with Crippen LogP contribution in [0.3, 0.4) is 0 Å². The molecule has 1 rings (SSSR count). The third-order valence-electron chi connectivity index (χ3n) is 3.11. The highest BCUT2D eigenvalue weighted by atomic mass is 32.2. The molecule has 0 aromatic heterocycles. The van der Waals surface area contributed by atoms with E-state index in [0.717, 1.165) is 38.5 Å². The van der Waals surface area contributed by atoms with Crippen molar-refractivity contribution in [2.75, 3.05) is 5.75 Å². The van der Waals surface area contributed by atoms with Gasteiger partial charge in [0, 0.05) is 0 Å². The van der Waals surface area contributed by atoms with E-state index < -0.39 is 10.1 Å². The molecule has 1 atom stereocenters. The molecular weight excluding hydrogens is 224 g/mol. The van der Waals surface area contributed by atoms with Crippen LogP contribution < -0.4 is 0 Å². The lowest BCUT2D eigenvalue weighted by atomic mass is 9.98. The van der Waals surface area contributed by atoms with E-state index >= 15 is 0 Å². The fraction of sp³-hybridized carbons (Fsp3) is 1.00. The van der Waals surface area contributed by atoms with E-state index in [4.69, 9.17) is 4.18 Å². The predicted molar refractivity (Wildman–Crippen MR) is 65.8 cm³/mol. The second-order valence-electron chi connectivity index (χ2n) is 4.97. The molecule has 0 radical (unpaired) electrons. The lowest BCUT2D eigenvalue weighted by Gasteiger charge is -2.22. The first-order chi connectivity index (χ1) is 7.53. The lowest BCUT2D eigenvalue weighted by Crippen LogP contribution is -2.25. The lowest BCUT2D eigenvalue weighted by molar-refractivity contribution is 0.161. The number of rotatable bonds is 6. The van der Waals surface area contributed by atoms with E-state index in [1.807, 2.05) is 6.92 Å². The van der Waals surface area contributed by atoms with Gasteiger partial charge in [0.2, 0.25) is 0 Å². The maximum absolute atomic E-state index is 11.8. The SMILES string of the molecule is CCCC(C)CS(=O)(=O)OC1CCCCC1. The minimum atomic E-state index is -3.30. The Morgan fingerprint density at radius 3 is 2.44 bits per heavy atom. The van der Waals surface area contributed by atoms with E-state index in [1.165, 1.54) is 6.42 Å². The fourth-order valence-corrected chi connectivity index (χ4v) is 3.88. The van der Waals surface area contributed by atoms with Crippen molar-refractivity contribution < 1.29 is 12.6 Å². The van der Waals surface area contributed by atoms with Gasteiger partial charge < -0.3 is 0 Å². The molecule has 0 heterocycles. The third-order valence-corrected chi connectivity index (χ3v) is 4.65. The molecule has 0 spiro atoms. The van der Waals surface area contributed by atoms with Crippen LogP contribution in [0.5, 0.6) is 0 Å². The Morgan fingerprint density at radius 1 is 1.25 bits per heavy atom. The summed E-state index contributed by atoms with van der Waals surface area (Å²) in [6.07, 6.45) is 7.16. The minimum Gasteiger partial charge on any atom is -0.267 e. The van der Waals surface area contributed by atoms with Crippen LogP contribution in [0.1, 0.15) is 58.8 Å². The highest BCUT2D eigenvalue weighted by molar-refractivity contribution is 7.86. The number of hydrogen-bond donors (Lipinski definition) is 0. The van der Waals surface area contributed by atoms with E-state index in [-0.39, 0.29) is 17.8 Å². The van der Waals surface area contributed by atoms with Crippen LogP contribution in [0.15, 0.2) is 0 Å². The maximum Gasteiger partial charge on any atom is 0.267 e. The molecule has 0 saturated heterocycles. The van der Waals surface area contributed by atoms with Gasteiger partial charge in [-0.15, -0.1) is 0 Å². The van der Waals surface area contributed by atoms with Gasteiger partial charge in [-0.25, -0.2) is 0 Å². The molecule has 1 fully saturated rings. The largest absolute Gasteiger partial charge is 0.267 e. The first-order valence-electron chi connectivity index (χ1n) is 6.44. The standard InChI is InChI=1S/C12H24O3S/c1-3-7-11(2)10-16(13,14)15-12-8-5-4-6-9-12/h11-12H,3-10H2,1-2H3. The van der Waals surface area contributed by atoms with Crippen LogP contribution in [0.4, 0.5) is 0 Å². The molecular formula is C12H24O3S. The fourth-order valence-electron chi connectivity index (χ4n) is 2.33. The predicted octanol–water partition coefficient (Wildman–Crippen LogP) is 3.10. The average Bonchev–Trinajstić information content (AvgIpc) is 2.17. The molecule has 0 bridgehead atoms.